The topological polar surface area (TPSA) is 41.1 Å². The molecular formula is C12H13N3. The zero-order valence-corrected chi connectivity index (χ0v) is 9.15. The van der Waals surface area contributed by atoms with E-state index in [0.717, 1.165) is 16.9 Å². The van der Waals surface area contributed by atoms with Gasteiger partial charge in [-0.25, -0.2) is 4.98 Å². The summed E-state index contributed by atoms with van der Waals surface area (Å²) >= 11 is 0. The molecule has 15 heavy (non-hydrogen) atoms. The van der Waals surface area contributed by atoms with Crippen molar-refractivity contribution in [2.75, 3.05) is 0 Å². The van der Waals surface area contributed by atoms with Gasteiger partial charge in [-0.15, -0.1) is 0 Å². The Morgan fingerprint density at radius 1 is 1.40 bits per heavy atom. The summed E-state index contributed by atoms with van der Waals surface area (Å²) in [5.41, 5.74) is 3.50. The maximum Gasteiger partial charge on any atom is 0.154 e. The molecule has 2 aromatic heterocycles. The Bertz CT molecular complexity index is 544. The zero-order valence-electron chi connectivity index (χ0n) is 9.15. The smallest absolute Gasteiger partial charge is 0.154 e. The summed E-state index contributed by atoms with van der Waals surface area (Å²) in [5, 5.41) is 9.05. The SMILES string of the molecule is Cc1cn2cc(C(C)C)cc(C#N)c2n1. The number of hydrogen-bond donors (Lipinski definition) is 0. The fourth-order valence-corrected chi connectivity index (χ4v) is 1.64. The number of hydrogen-bond acceptors (Lipinski definition) is 2. The van der Waals surface area contributed by atoms with Gasteiger partial charge in [-0.1, -0.05) is 13.8 Å². The number of aryl methyl sites for hydroxylation is 1. The maximum absolute atomic E-state index is 9.05. The Kier molecular flexibility index (Phi) is 2.20. The second-order valence-corrected chi connectivity index (χ2v) is 4.07. The van der Waals surface area contributed by atoms with E-state index in [1.807, 2.05) is 29.8 Å². The molecule has 0 aliphatic carbocycles. The molecule has 0 fully saturated rings. The van der Waals surface area contributed by atoms with Gasteiger partial charge in [0.05, 0.1) is 11.3 Å². The molecule has 0 amide bonds. The summed E-state index contributed by atoms with van der Waals surface area (Å²) in [6, 6.07) is 4.12. The van der Waals surface area contributed by atoms with Crippen molar-refractivity contribution in [1.82, 2.24) is 9.38 Å². The van der Waals surface area contributed by atoms with Crippen molar-refractivity contribution in [2.45, 2.75) is 26.7 Å². The molecule has 2 rings (SSSR count). The summed E-state index contributed by atoms with van der Waals surface area (Å²) < 4.78 is 1.93. The van der Waals surface area contributed by atoms with Gasteiger partial charge in [0.2, 0.25) is 0 Å². The van der Waals surface area contributed by atoms with E-state index in [1.165, 1.54) is 0 Å². The van der Waals surface area contributed by atoms with Crippen molar-refractivity contribution >= 4 is 5.65 Å². The third-order valence-electron chi connectivity index (χ3n) is 2.48. The van der Waals surface area contributed by atoms with Crippen LogP contribution in [0.2, 0.25) is 0 Å². The van der Waals surface area contributed by atoms with Crippen molar-refractivity contribution in [3.8, 4) is 6.07 Å². The lowest BCUT2D eigenvalue weighted by atomic mass is 10.0. The highest BCUT2D eigenvalue weighted by Gasteiger charge is 2.08. The van der Waals surface area contributed by atoms with E-state index < -0.39 is 0 Å². The minimum Gasteiger partial charge on any atom is -0.305 e. The largest absolute Gasteiger partial charge is 0.305 e. The van der Waals surface area contributed by atoms with Crippen LogP contribution in [-0.4, -0.2) is 9.38 Å². The van der Waals surface area contributed by atoms with E-state index in [0.29, 0.717) is 11.5 Å². The summed E-state index contributed by atoms with van der Waals surface area (Å²) in [5.74, 6) is 0.421. The second-order valence-electron chi connectivity index (χ2n) is 4.07. The lowest BCUT2D eigenvalue weighted by molar-refractivity contribution is 0.852. The van der Waals surface area contributed by atoms with Crippen molar-refractivity contribution in [2.24, 2.45) is 0 Å². The molecule has 3 heteroatoms. The quantitative estimate of drug-likeness (QED) is 0.708. The zero-order chi connectivity index (χ0) is 11.0. The first kappa shape index (κ1) is 9.72. The fraction of sp³-hybridized carbons (Fsp3) is 0.333. The summed E-state index contributed by atoms with van der Waals surface area (Å²) in [6.45, 7) is 6.17. The highest BCUT2D eigenvalue weighted by molar-refractivity contribution is 5.57. The van der Waals surface area contributed by atoms with E-state index in [-0.39, 0.29) is 0 Å². The molecule has 0 spiro atoms. The number of fused-ring (bicyclic) bond motifs is 1. The van der Waals surface area contributed by atoms with Crippen LogP contribution in [0.3, 0.4) is 0 Å². The Morgan fingerprint density at radius 3 is 2.73 bits per heavy atom. The normalized spacial score (nSPS) is 10.9. The van der Waals surface area contributed by atoms with Gasteiger partial charge in [0.1, 0.15) is 6.07 Å². The third-order valence-corrected chi connectivity index (χ3v) is 2.48. The molecule has 0 aromatic carbocycles. The first-order valence-corrected chi connectivity index (χ1v) is 5.01. The number of nitriles is 1. The van der Waals surface area contributed by atoms with Crippen LogP contribution in [0.4, 0.5) is 0 Å². The van der Waals surface area contributed by atoms with E-state index in [2.05, 4.69) is 24.9 Å². The van der Waals surface area contributed by atoms with Gasteiger partial charge in [0, 0.05) is 12.4 Å². The molecule has 0 radical (unpaired) electrons. The van der Waals surface area contributed by atoms with Crippen molar-refractivity contribution in [3.05, 3.63) is 35.3 Å². The summed E-state index contributed by atoms with van der Waals surface area (Å²) in [7, 11) is 0. The molecule has 0 aliphatic rings. The molecule has 0 unspecified atom stereocenters. The van der Waals surface area contributed by atoms with Crippen LogP contribution >= 0.6 is 0 Å². The van der Waals surface area contributed by atoms with Crippen LogP contribution in [0, 0.1) is 18.3 Å². The molecule has 2 aromatic rings. The number of rotatable bonds is 1. The van der Waals surface area contributed by atoms with Crippen LogP contribution in [0.15, 0.2) is 18.5 Å². The average molecular weight is 199 g/mol. The highest BCUT2D eigenvalue weighted by atomic mass is 15.0. The van der Waals surface area contributed by atoms with E-state index >= 15 is 0 Å². The number of aromatic nitrogens is 2. The monoisotopic (exact) mass is 199 g/mol. The molecule has 0 N–H and O–H groups in total. The van der Waals surface area contributed by atoms with Crippen LogP contribution in [0.1, 0.15) is 36.6 Å². The highest BCUT2D eigenvalue weighted by Crippen LogP contribution is 2.19. The van der Waals surface area contributed by atoms with Crippen molar-refractivity contribution in [3.63, 3.8) is 0 Å². The van der Waals surface area contributed by atoms with Crippen LogP contribution in [-0.2, 0) is 0 Å². The molecule has 0 saturated carbocycles. The van der Waals surface area contributed by atoms with Gasteiger partial charge in [-0.3, -0.25) is 0 Å². The lowest BCUT2D eigenvalue weighted by Crippen LogP contribution is -1.95. The first-order chi connectivity index (χ1) is 7.11. The van der Waals surface area contributed by atoms with Gasteiger partial charge in [-0.05, 0) is 24.5 Å². The summed E-state index contributed by atoms with van der Waals surface area (Å²) in [6.07, 6.45) is 3.99. The second kappa shape index (κ2) is 3.39. The predicted octanol–water partition coefficient (Wildman–Crippen LogP) is 2.64. The lowest BCUT2D eigenvalue weighted by Gasteiger charge is -2.06. The molecule has 76 valence electrons. The average Bonchev–Trinajstić information content (AvgIpc) is 2.56. The van der Waals surface area contributed by atoms with Gasteiger partial charge >= 0.3 is 0 Å². The minimum atomic E-state index is 0.421. The maximum atomic E-state index is 9.05. The molecule has 0 saturated heterocycles. The molecule has 2 heterocycles. The van der Waals surface area contributed by atoms with E-state index in [1.54, 1.807) is 0 Å². The third kappa shape index (κ3) is 1.59. The Balaban J connectivity index is 2.77. The Labute approximate surface area is 89.0 Å². The molecule has 0 atom stereocenters. The standard InChI is InChI=1S/C12H13N3/c1-8(2)11-4-10(5-13)12-14-9(3)6-15(12)7-11/h4,6-8H,1-3H3. The Hall–Kier alpha value is -1.82. The molecule has 0 bridgehead atoms. The summed E-state index contributed by atoms with van der Waals surface area (Å²) in [4.78, 5) is 4.32. The number of pyridine rings is 1. The minimum absolute atomic E-state index is 0.421. The number of nitrogens with zero attached hydrogens (tertiary/aromatic N) is 3. The molecule has 3 nitrogen and oxygen atoms in total. The van der Waals surface area contributed by atoms with Crippen molar-refractivity contribution < 1.29 is 0 Å². The van der Waals surface area contributed by atoms with Gasteiger partial charge in [0.25, 0.3) is 0 Å². The van der Waals surface area contributed by atoms with Gasteiger partial charge in [0.15, 0.2) is 5.65 Å². The Morgan fingerprint density at radius 2 is 2.13 bits per heavy atom. The van der Waals surface area contributed by atoms with E-state index in [9.17, 15) is 0 Å². The van der Waals surface area contributed by atoms with Gasteiger partial charge in [-0.2, -0.15) is 5.26 Å². The van der Waals surface area contributed by atoms with Gasteiger partial charge < -0.3 is 4.40 Å². The predicted molar refractivity (Wildman–Crippen MR) is 58.7 cm³/mol. The van der Waals surface area contributed by atoms with Crippen LogP contribution in [0.25, 0.3) is 5.65 Å². The number of imidazole rings is 1. The van der Waals surface area contributed by atoms with Crippen LogP contribution in [0.5, 0.6) is 0 Å². The molecular weight excluding hydrogens is 186 g/mol. The fourth-order valence-electron chi connectivity index (χ4n) is 1.64. The molecule has 0 aliphatic heterocycles. The van der Waals surface area contributed by atoms with Crippen LogP contribution < -0.4 is 0 Å². The first-order valence-electron chi connectivity index (χ1n) is 5.01. The van der Waals surface area contributed by atoms with E-state index in [4.69, 9.17) is 5.26 Å². The van der Waals surface area contributed by atoms with Crippen molar-refractivity contribution in [1.29, 1.82) is 5.26 Å².